The summed E-state index contributed by atoms with van der Waals surface area (Å²) in [5.74, 6) is 0.0975. The van der Waals surface area contributed by atoms with Crippen molar-refractivity contribution in [1.82, 2.24) is 19.8 Å². The second-order valence-electron chi connectivity index (χ2n) is 9.66. The van der Waals surface area contributed by atoms with Gasteiger partial charge in [-0.1, -0.05) is 19.4 Å². The van der Waals surface area contributed by atoms with Crippen molar-refractivity contribution < 1.29 is 24.2 Å². The molecule has 3 heterocycles. The van der Waals surface area contributed by atoms with E-state index in [0.29, 0.717) is 56.3 Å². The number of carbonyl (C=O) groups excluding carboxylic acids is 1. The number of hydrogen-bond acceptors (Lipinski definition) is 8. The van der Waals surface area contributed by atoms with Crippen LogP contribution in [0.1, 0.15) is 49.9 Å². The van der Waals surface area contributed by atoms with E-state index < -0.39 is 11.9 Å². The number of rotatable bonds is 13. The average molecular weight is 512 g/mol. The van der Waals surface area contributed by atoms with Crippen molar-refractivity contribution in [1.29, 1.82) is 0 Å². The number of nitrogens with two attached hydrogens (primary N) is 1. The van der Waals surface area contributed by atoms with E-state index in [0.717, 1.165) is 24.8 Å². The summed E-state index contributed by atoms with van der Waals surface area (Å²) >= 11 is 0. The second-order valence-corrected chi connectivity index (χ2v) is 9.66. The number of fused-ring (bicyclic) bond motifs is 1. The molecule has 200 valence electrons. The highest BCUT2D eigenvalue weighted by molar-refractivity contribution is 5.79. The first-order valence-electron chi connectivity index (χ1n) is 13.1. The zero-order valence-electron chi connectivity index (χ0n) is 21.4. The van der Waals surface area contributed by atoms with Crippen LogP contribution in [-0.4, -0.2) is 82.3 Å². The van der Waals surface area contributed by atoms with Crippen LogP contribution in [0.5, 0.6) is 11.5 Å². The lowest BCUT2D eigenvalue weighted by Gasteiger charge is -2.29. The minimum absolute atomic E-state index is 0.0123. The van der Waals surface area contributed by atoms with Crippen molar-refractivity contribution in [3.63, 3.8) is 0 Å². The van der Waals surface area contributed by atoms with Crippen LogP contribution >= 0.6 is 0 Å². The summed E-state index contributed by atoms with van der Waals surface area (Å²) in [6, 6.07) is 7.03. The first-order chi connectivity index (χ1) is 18.0. The van der Waals surface area contributed by atoms with Gasteiger partial charge in [-0.2, -0.15) is 0 Å². The van der Waals surface area contributed by atoms with Crippen LogP contribution in [0.15, 0.2) is 36.7 Å². The Morgan fingerprint density at radius 1 is 1.16 bits per heavy atom. The molecule has 1 amide bonds. The highest BCUT2D eigenvalue weighted by Crippen LogP contribution is 2.42. The molecule has 2 aliphatic heterocycles. The molecule has 2 aromatic rings. The molecular formula is C27H37N5O5. The molecule has 4 rings (SSSR count). The van der Waals surface area contributed by atoms with E-state index in [1.807, 2.05) is 28.0 Å². The van der Waals surface area contributed by atoms with Crippen molar-refractivity contribution >= 4 is 11.9 Å². The quantitative estimate of drug-likeness (QED) is 0.416. The summed E-state index contributed by atoms with van der Waals surface area (Å²) in [5.41, 5.74) is 6.59. The van der Waals surface area contributed by atoms with Gasteiger partial charge in [-0.25, -0.2) is 9.97 Å². The predicted octanol–water partition coefficient (Wildman–Crippen LogP) is 2.28. The number of ether oxygens (including phenoxy) is 2. The fourth-order valence-electron chi connectivity index (χ4n) is 5.34. The lowest BCUT2D eigenvalue weighted by molar-refractivity contribution is -0.143. The molecule has 0 radical (unpaired) electrons. The number of nitrogens with zero attached hydrogens (tertiary/aromatic N) is 4. The second kappa shape index (κ2) is 12.8. The molecule has 0 saturated carbocycles. The Morgan fingerprint density at radius 2 is 1.92 bits per heavy atom. The smallest absolute Gasteiger partial charge is 0.308 e. The Hall–Kier alpha value is -3.24. The zero-order chi connectivity index (χ0) is 26.2. The van der Waals surface area contributed by atoms with Gasteiger partial charge >= 0.3 is 5.97 Å². The summed E-state index contributed by atoms with van der Waals surface area (Å²) in [4.78, 5) is 38.6. The summed E-state index contributed by atoms with van der Waals surface area (Å²) in [5, 5.41) is 10.4. The number of aryl methyl sites for hydroxylation is 1. The number of hydrogen-bond donors (Lipinski definition) is 2. The van der Waals surface area contributed by atoms with Crippen molar-refractivity contribution in [2.24, 2.45) is 11.7 Å². The maximum absolute atomic E-state index is 13.4. The molecule has 2 aliphatic rings. The van der Waals surface area contributed by atoms with Crippen molar-refractivity contribution in [2.45, 2.75) is 51.0 Å². The number of likely N-dealkylation sites (tertiary alicyclic amines) is 1. The lowest BCUT2D eigenvalue weighted by Crippen LogP contribution is -2.45. The van der Waals surface area contributed by atoms with E-state index in [9.17, 15) is 14.7 Å². The SMILES string of the molecule is CCCCN(CCCN)C(=O)CN1CC(c2ccc3c(c2)OCO3)C(C(=O)O)C1CCc1ncccn1. The largest absolute Gasteiger partial charge is 0.481 e. The molecule has 3 N–H and O–H groups in total. The van der Waals surface area contributed by atoms with E-state index in [1.165, 1.54) is 0 Å². The van der Waals surface area contributed by atoms with Gasteiger partial charge in [-0.3, -0.25) is 14.5 Å². The maximum atomic E-state index is 13.4. The maximum Gasteiger partial charge on any atom is 0.308 e. The number of carboxylic acid groups (broad SMARTS) is 1. The molecular weight excluding hydrogens is 474 g/mol. The van der Waals surface area contributed by atoms with Gasteiger partial charge in [-0.15, -0.1) is 0 Å². The van der Waals surface area contributed by atoms with E-state index in [4.69, 9.17) is 15.2 Å². The lowest BCUT2D eigenvalue weighted by atomic mass is 9.83. The molecule has 0 bridgehead atoms. The van der Waals surface area contributed by atoms with Gasteiger partial charge in [0.15, 0.2) is 11.5 Å². The first kappa shape index (κ1) is 26.8. The molecule has 3 atom stereocenters. The standard InChI is InChI=1S/C27H37N5O5/c1-2-3-13-31(14-4-10-28)25(33)17-32-16-20(19-6-8-22-23(15-19)37-18-36-22)26(27(34)35)21(32)7-9-24-29-11-5-12-30-24/h5-6,8,11-12,15,20-21,26H,2-4,7,9-10,13-14,16-18,28H2,1H3,(H,34,35). The fourth-order valence-corrected chi connectivity index (χ4v) is 5.34. The summed E-state index contributed by atoms with van der Waals surface area (Å²) in [6.45, 7) is 4.69. The van der Waals surface area contributed by atoms with Crippen LogP contribution in [0.4, 0.5) is 0 Å². The zero-order valence-corrected chi connectivity index (χ0v) is 21.4. The molecule has 3 unspecified atom stereocenters. The van der Waals surface area contributed by atoms with Gasteiger partial charge in [0.05, 0.1) is 12.5 Å². The topological polar surface area (TPSA) is 131 Å². The number of benzene rings is 1. The van der Waals surface area contributed by atoms with Crippen LogP contribution in [0.2, 0.25) is 0 Å². The van der Waals surface area contributed by atoms with Crippen LogP contribution < -0.4 is 15.2 Å². The molecule has 1 aromatic heterocycles. The Labute approximate surface area is 217 Å². The van der Waals surface area contributed by atoms with Gasteiger partial charge in [0.25, 0.3) is 0 Å². The Balaban J connectivity index is 1.59. The third-order valence-corrected chi connectivity index (χ3v) is 7.25. The summed E-state index contributed by atoms with van der Waals surface area (Å²) in [6.07, 6.45) is 7.08. The van der Waals surface area contributed by atoms with E-state index in [-0.39, 0.29) is 31.2 Å². The van der Waals surface area contributed by atoms with Gasteiger partial charge in [0.2, 0.25) is 12.7 Å². The third-order valence-electron chi connectivity index (χ3n) is 7.25. The Kier molecular flexibility index (Phi) is 9.29. The molecule has 1 fully saturated rings. The van der Waals surface area contributed by atoms with Gasteiger partial charge in [0.1, 0.15) is 5.82 Å². The molecule has 37 heavy (non-hydrogen) atoms. The molecule has 1 aromatic carbocycles. The van der Waals surface area contributed by atoms with E-state index in [1.54, 1.807) is 18.5 Å². The summed E-state index contributed by atoms with van der Waals surface area (Å²) in [7, 11) is 0. The molecule has 1 saturated heterocycles. The monoisotopic (exact) mass is 511 g/mol. The first-order valence-corrected chi connectivity index (χ1v) is 13.1. The van der Waals surface area contributed by atoms with Crippen LogP contribution in [0.25, 0.3) is 0 Å². The number of carbonyl (C=O) groups is 2. The number of aromatic nitrogens is 2. The molecule has 0 aliphatic carbocycles. The van der Waals surface area contributed by atoms with E-state index in [2.05, 4.69) is 16.9 Å². The van der Waals surface area contributed by atoms with E-state index >= 15 is 0 Å². The van der Waals surface area contributed by atoms with Crippen molar-refractivity contribution in [3.8, 4) is 11.5 Å². The van der Waals surface area contributed by atoms with Crippen LogP contribution in [0, 0.1) is 5.92 Å². The Bertz CT molecular complexity index is 1040. The van der Waals surface area contributed by atoms with Gasteiger partial charge < -0.3 is 25.2 Å². The van der Waals surface area contributed by atoms with Crippen molar-refractivity contribution in [2.75, 3.05) is 39.5 Å². The molecule has 10 nitrogen and oxygen atoms in total. The third kappa shape index (κ3) is 6.56. The number of unbranched alkanes of at least 4 members (excludes halogenated alkanes) is 1. The normalized spacial score (nSPS) is 20.8. The number of aliphatic carboxylic acids is 1. The predicted molar refractivity (Wildman–Crippen MR) is 137 cm³/mol. The fraction of sp³-hybridized carbons (Fsp3) is 0.556. The molecule has 0 spiro atoms. The van der Waals surface area contributed by atoms with Gasteiger partial charge in [0, 0.05) is 50.4 Å². The highest BCUT2D eigenvalue weighted by Gasteiger charge is 2.47. The summed E-state index contributed by atoms with van der Waals surface area (Å²) < 4.78 is 11.0. The molecule has 10 heteroatoms. The highest BCUT2D eigenvalue weighted by atomic mass is 16.7. The van der Waals surface area contributed by atoms with Crippen LogP contribution in [0.3, 0.4) is 0 Å². The van der Waals surface area contributed by atoms with Crippen molar-refractivity contribution in [3.05, 3.63) is 48.0 Å². The minimum atomic E-state index is -0.873. The average Bonchev–Trinajstić information content (AvgIpc) is 3.52. The number of amides is 1. The van der Waals surface area contributed by atoms with Gasteiger partial charge in [-0.05, 0) is 49.6 Å². The minimum Gasteiger partial charge on any atom is -0.481 e. The Morgan fingerprint density at radius 3 is 2.65 bits per heavy atom. The van der Waals surface area contributed by atoms with Crippen LogP contribution in [-0.2, 0) is 16.0 Å². The number of carboxylic acids is 1.